The van der Waals surface area contributed by atoms with Gasteiger partial charge in [-0.1, -0.05) is 48.0 Å². The van der Waals surface area contributed by atoms with Crippen molar-refractivity contribution < 1.29 is 4.79 Å². The second kappa shape index (κ2) is 7.62. The van der Waals surface area contributed by atoms with Crippen LogP contribution in [-0.4, -0.2) is 17.4 Å². The minimum absolute atomic E-state index is 0.00820. The Kier molecular flexibility index (Phi) is 4.88. The van der Waals surface area contributed by atoms with Crippen molar-refractivity contribution in [2.24, 2.45) is 0 Å². The summed E-state index contributed by atoms with van der Waals surface area (Å²) < 4.78 is 0. The van der Waals surface area contributed by atoms with Gasteiger partial charge in [0.05, 0.1) is 11.3 Å². The van der Waals surface area contributed by atoms with E-state index in [0.29, 0.717) is 12.1 Å². The van der Waals surface area contributed by atoms with Crippen LogP contribution in [0.2, 0.25) is 0 Å². The smallest absolute Gasteiger partial charge is 0.259 e. The molecule has 3 aromatic rings. The molecule has 2 aromatic carbocycles. The molecule has 0 radical (unpaired) electrons. The minimum Gasteiger partial charge on any atom is -0.380 e. The van der Waals surface area contributed by atoms with E-state index < -0.39 is 0 Å². The molecule has 0 spiro atoms. The summed E-state index contributed by atoms with van der Waals surface area (Å²) in [7, 11) is 0. The Hall–Kier alpha value is -3.14. The van der Waals surface area contributed by atoms with Crippen LogP contribution in [0.1, 0.15) is 33.5 Å². The van der Waals surface area contributed by atoms with Crippen molar-refractivity contribution >= 4 is 17.3 Å². The van der Waals surface area contributed by atoms with Crippen LogP contribution in [0.4, 0.5) is 11.4 Å². The van der Waals surface area contributed by atoms with Gasteiger partial charge in [-0.3, -0.25) is 9.78 Å². The Morgan fingerprint density at radius 1 is 1.11 bits per heavy atom. The third-order valence-electron chi connectivity index (χ3n) is 4.92. The van der Waals surface area contributed by atoms with E-state index in [1.807, 2.05) is 29.2 Å². The Morgan fingerprint density at radius 3 is 2.89 bits per heavy atom. The van der Waals surface area contributed by atoms with E-state index in [0.717, 1.165) is 30.8 Å². The van der Waals surface area contributed by atoms with Gasteiger partial charge in [-0.15, -0.1) is 0 Å². The second-order valence-electron chi connectivity index (χ2n) is 6.99. The topological polar surface area (TPSA) is 45.2 Å². The zero-order valence-corrected chi connectivity index (χ0v) is 15.5. The summed E-state index contributed by atoms with van der Waals surface area (Å²) in [5, 5.41) is 3.37. The number of para-hydroxylation sites is 1. The monoisotopic (exact) mass is 357 g/mol. The van der Waals surface area contributed by atoms with E-state index in [1.54, 1.807) is 12.4 Å². The van der Waals surface area contributed by atoms with Gasteiger partial charge < -0.3 is 10.2 Å². The number of carbonyl (C=O) groups excluding carboxylic acids is 1. The van der Waals surface area contributed by atoms with Crippen molar-refractivity contribution in [3.05, 3.63) is 89.2 Å². The molecule has 27 heavy (non-hydrogen) atoms. The highest BCUT2D eigenvalue weighted by molar-refractivity contribution is 6.07. The van der Waals surface area contributed by atoms with Crippen molar-refractivity contribution in [2.75, 3.05) is 16.8 Å². The number of aromatic nitrogens is 1. The van der Waals surface area contributed by atoms with Gasteiger partial charge in [0.2, 0.25) is 0 Å². The van der Waals surface area contributed by atoms with Gasteiger partial charge in [-0.05, 0) is 43.0 Å². The number of amides is 1. The molecule has 4 rings (SSSR count). The van der Waals surface area contributed by atoms with Crippen LogP contribution in [0.25, 0.3) is 0 Å². The molecular formula is C23H23N3O. The van der Waals surface area contributed by atoms with E-state index in [2.05, 4.69) is 47.6 Å². The van der Waals surface area contributed by atoms with Gasteiger partial charge in [-0.25, -0.2) is 0 Å². The normalized spacial score (nSPS) is 13.1. The number of nitrogens with one attached hydrogen (secondary N) is 1. The van der Waals surface area contributed by atoms with Gasteiger partial charge in [0, 0.05) is 31.2 Å². The van der Waals surface area contributed by atoms with Crippen molar-refractivity contribution in [1.29, 1.82) is 0 Å². The molecule has 0 fully saturated rings. The highest BCUT2D eigenvalue weighted by atomic mass is 16.2. The third-order valence-corrected chi connectivity index (χ3v) is 4.92. The number of nitrogens with zero attached hydrogens (tertiary/aromatic N) is 2. The Labute approximate surface area is 159 Å². The standard InChI is InChI=1S/C23H23N3O/c1-17-6-4-7-18(12-17)14-25-21-13-20(15-24-16-21)23(27)26-11-5-9-19-8-2-3-10-22(19)26/h2-4,6-8,10,12-13,15-16,25H,5,9,11,14H2,1H3. The first-order chi connectivity index (χ1) is 13.2. The number of benzene rings is 2. The Balaban J connectivity index is 1.52. The first-order valence-electron chi connectivity index (χ1n) is 9.35. The molecule has 0 saturated heterocycles. The number of hydrogen-bond acceptors (Lipinski definition) is 3. The number of carbonyl (C=O) groups is 1. The SMILES string of the molecule is Cc1cccc(CNc2cncc(C(=O)N3CCCc4ccccc43)c2)c1. The number of anilines is 2. The van der Waals surface area contributed by atoms with Crippen LogP contribution < -0.4 is 10.2 Å². The van der Waals surface area contributed by atoms with Crippen LogP contribution in [0.15, 0.2) is 67.0 Å². The Morgan fingerprint density at radius 2 is 2.00 bits per heavy atom. The van der Waals surface area contributed by atoms with E-state index in [1.165, 1.54) is 16.7 Å². The van der Waals surface area contributed by atoms with Crippen LogP contribution in [-0.2, 0) is 13.0 Å². The summed E-state index contributed by atoms with van der Waals surface area (Å²) in [5.74, 6) is 0.00820. The molecule has 0 bridgehead atoms. The van der Waals surface area contributed by atoms with Crippen LogP contribution in [0, 0.1) is 6.92 Å². The van der Waals surface area contributed by atoms with Crippen LogP contribution >= 0.6 is 0 Å². The summed E-state index contributed by atoms with van der Waals surface area (Å²) in [4.78, 5) is 19.2. The lowest BCUT2D eigenvalue weighted by atomic mass is 10.0. The lowest BCUT2D eigenvalue weighted by Gasteiger charge is -2.29. The summed E-state index contributed by atoms with van der Waals surface area (Å²) in [6.45, 7) is 3.53. The molecular weight excluding hydrogens is 334 g/mol. The van der Waals surface area contributed by atoms with Crippen LogP contribution in [0.5, 0.6) is 0 Å². The second-order valence-corrected chi connectivity index (χ2v) is 6.99. The number of pyridine rings is 1. The average molecular weight is 357 g/mol. The predicted molar refractivity (Wildman–Crippen MR) is 109 cm³/mol. The fourth-order valence-electron chi connectivity index (χ4n) is 3.58. The van der Waals surface area contributed by atoms with Crippen molar-refractivity contribution in [1.82, 2.24) is 4.98 Å². The highest BCUT2D eigenvalue weighted by Crippen LogP contribution is 2.28. The van der Waals surface area contributed by atoms with E-state index in [-0.39, 0.29) is 5.91 Å². The summed E-state index contributed by atoms with van der Waals surface area (Å²) in [5.41, 5.74) is 6.16. The number of aryl methyl sites for hydroxylation is 2. The van der Waals surface area contributed by atoms with Gasteiger partial charge >= 0.3 is 0 Å². The number of rotatable bonds is 4. The maximum Gasteiger partial charge on any atom is 0.259 e. The number of fused-ring (bicyclic) bond motifs is 1. The van der Waals surface area contributed by atoms with Crippen molar-refractivity contribution in [2.45, 2.75) is 26.3 Å². The summed E-state index contributed by atoms with van der Waals surface area (Å²) in [6, 6.07) is 18.4. The summed E-state index contributed by atoms with van der Waals surface area (Å²) >= 11 is 0. The molecule has 1 amide bonds. The van der Waals surface area contributed by atoms with Crippen molar-refractivity contribution in [3.63, 3.8) is 0 Å². The first kappa shape index (κ1) is 17.3. The lowest BCUT2D eigenvalue weighted by molar-refractivity contribution is 0.0985. The zero-order chi connectivity index (χ0) is 18.6. The molecule has 0 aliphatic carbocycles. The molecule has 4 heteroatoms. The average Bonchev–Trinajstić information content (AvgIpc) is 2.71. The maximum absolute atomic E-state index is 13.1. The maximum atomic E-state index is 13.1. The molecule has 0 atom stereocenters. The highest BCUT2D eigenvalue weighted by Gasteiger charge is 2.23. The molecule has 2 heterocycles. The number of hydrogen-bond donors (Lipinski definition) is 1. The van der Waals surface area contributed by atoms with E-state index in [4.69, 9.17) is 0 Å². The first-order valence-corrected chi connectivity index (χ1v) is 9.35. The molecule has 1 aliphatic rings. The Bertz CT molecular complexity index is 967. The fourth-order valence-corrected chi connectivity index (χ4v) is 3.58. The van der Waals surface area contributed by atoms with E-state index in [9.17, 15) is 4.79 Å². The molecule has 1 N–H and O–H groups in total. The van der Waals surface area contributed by atoms with Crippen molar-refractivity contribution in [3.8, 4) is 0 Å². The largest absolute Gasteiger partial charge is 0.380 e. The lowest BCUT2D eigenvalue weighted by Crippen LogP contribution is -2.35. The van der Waals surface area contributed by atoms with Gasteiger partial charge in [-0.2, -0.15) is 0 Å². The molecule has 4 nitrogen and oxygen atoms in total. The van der Waals surface area contributed by atoms with Crippen LogP contribution in [0.3, 0.4) is 0 Å². The quantitative estimate of drug-likeness (QED) is 0.742. The fraction of sp³-hybridized carbons (Fsp3) is 0.217. The molecule has 136 valence electrons. The zero-order valence-electron chi connectivity index (χ0n) is 15.5. The van der Waals surface area contributed by atoms with E-state index >= 15 is 0 Å². The third kappa shape index (κ3) is 3.85. The van der Waals surface area contributed by atoms with Gasteiger partial charge in [0.1, 0.15) is 0 Å². The van der Waals surface area contributed by atoms with Gasteiger partial charge in [0.15, 0.2) is 0 Å². The molecule has 0 unspecified atom stereocenters. The summed E-state index contributed by atoms with van der Waals surface area (Å²) in [6.07, 6.45) is 5.42. The minimum atomic E-state index is 0.00820. The molecule has 1 aliphatic heterocycles. The molecule has 1 aromatic heterocycles. The predicted octanol–water partition coefficient (Wildman–Crippen LogP) is 4.60. The molecule has 0 saturated carbocycles. The van der Waals surface area contributed by atoms with Gasteiger partial charge in [0.25, 0.3) is 5.91 Å².